The second-order valence-corrected chi connectivity index (χ2v) is 9.65. The van der Waals surface area contributed by atoms with Crippen LogP contribution in [0.1, 0.15) is 68.7 Å². The third kappa shape index (κ3) is 4.49. The number of nitrogen functional groups attached to an aromatic ring is 1. The fraction of sp³-hybridized carbons (Fsp3) is 0.444. The molecule has 37 heavy (non-hydrogen) atoms. The van der Waals surface area contributed by atoms with Gasteiger partial charge < -0.3 is 30.2 Å². The largest absolute Gasteiger partial charge is 0.507 e. The molecule has 3 aliphatic rings. The topological polar surface area (TPSA) is 145 Å². The number of phenols is 2. The zero-order valence-electron chi connectivity index (χ0n) is 20.1. The number of phenolic OH excluding ortho intramolecular Hbond substituents is 2. The molecule has 1 saturated heterocycles. The molecule has 2 unspecified atom stereocenters. The Morgan fingerprint density at radius 2 is 1.81 bits per heavy atom. The summed E-state index contributed by atoms with van der Waals surface area (Å²) in [4.78, 5) is 39.4. The lowest BCUT2D eigenvalue weighted by atomic mass is 9.74. The molecule has 9 nitrogen and oxygen atoms in total. The van der Waals surface area contributed by atoms with Crippen LogP contribution in [0.4, 0.5) is 10.1 Å². The first-order valence-corrected chi connectivity index (χ1v) is 12.3. The van der Waals surface area contributed by atoms with Crippen LogP contribution in [0.2, 0.25) is 0 Å². The molecular formula is C27H28FNO8. The number of halogens is 1. The lowest BCUT2D eigenvalue weighted by Gasteiger charge is -2.31. The van der Waals surface area contributed by atoms with Crippen LogP contribution >= 0.6 is 0 Å². The normalized spacial score (nSPS) is 22.8. The molecule has 0 saturated carbocycles. The Balaban J connectivity index is 1.34. The average molecular weight is 514 g/mol. The third-order valence-electron chi connectivity index (χ3n) is 7.43. The fourth-order valence-corrected chi connectivity index (χ4v) is 5.55. The molecule has 5 rings (SSSR count). The van der Waals surface area contributed by atoms with Crippen LogP contribution in [0.25, 0.3) is 0 Å². The first kappa shape index (κ1) is 25.3. The molecule has 1 fully saturated rings. The van der Waals surface area contributed by atoms with Crippen molar-refractivity contribution in [3.05, 3.63) is 51.6 Å². The highest BCUT2D eigenvalue weighted by molar-refractivity contribution is 6.32. The molecule has 2 aromatic carbocycles. The van der Waals surface area contributed by atoms with Crippen molar-refractivity contribution >= 4 is 23.0 Å². The zero-order valence-corrected chi connectivity index (χ0v) is 20.1. The molecule has 2 aliphatic carbocycles. The quantitative estimate of drug-likeness (QED) is 0.321. The number of carbonyl (C=O) groups excluding carboxylic acids is 3. The van der Waals surface area contributed by atoms with Crippen LogP contribution in [0.15, 0.2) is 18.2 Å². The summed E-state index contributed by atoms with van der Waals surface area (Å²) in [6, 6.07) is 4.50. The lowest BCUT2D eigenvalue weighted by Crippen LogP contribution is -2.35. The van der Waals surface area contributed by atoms with Gasteiger partial charge in [0.2, 0.25) is 0 Å². The van der Waals surface area contributed by atoms with Crippen LogP contribution in [-0.2, 0) is 31.8 Å². The summed E-state index contributed by atoms with van der Waals surface area (Å²) in [5.74, 6) is -2.68. The highest BCUT2D eigenvalue weighted by Gasteiger charge is 2.40. The molecule has 0 aromatic heterocycles. The Morgan fingerprint density at radius 1 is 1.05 bits per heavy atom. The molecule has 0 radical (unpaired) electrons. The highest BCUT2D eigenvalue weighted by atomic mass is 19.1. The summed E-state index contributed by atoms with van der Waals surface area (Å²) in [5.41, 5.74) is 6.26. The minimum absolute atomic E-state index is 0.0130. The van der Waals surface area contributed by atoms with Gasteiger partial charge in [-0.3, -0.25) is 14.4 Å². The van der Waals surface area contributed by atoms with Gasteiger partial charge in [-0.25, -0.2) is 4.39 Å². The zero-order chi connectivity index (χ0) is 26.3. The number of hydrogen-bond donors (Lipinski definition) is 3. The smallest absolute Gasteiger partial charge is 0.200 e. The second kappa shape index (κ2) is 10.2. The van der Waals surface area contributed by atoms with E-state index in [4.69, 9.17) is 19.9 Å². The number of hydrogen-bond acceptors (Lipinski definition) is 9. The number of ketones is 3. The Bertz CT molecular complexity index is 1280. The Labute approximate surface area is 212 Å². The summed E-state index contributed by atoms with van der Waals surface area (Å²) in [6.07, 6.45) is 1.94. The number of alkyl halides is 1. The van der Waals surface area contributed by atoms with E-state index >= 15 is 0 Å². The van der Waals surface area contributed by atoms with Gasteiger partial charge in [-0.1, -0.05) is 12.1 Å². The maximum absolute atomic E-state index is 13.2. The van der Waals surface area contributed by atoms with E-state index in [1.54, 1.807) is 6.07 Å². The average Bonchev–Trinajstić information content (AvgIpc) is 2.91. The molecular weight excluding hydrogens is 485 g/mol. The number of benzene rings is 2. The highest BCUT2D eigenvalue weighted by Crippen LogP contribution is 2.47. The molecule has 0 bridgehead atoms. The molecule has 1 aliphatic heterocycles. The standard InChI is InChI=1S/C27H28FNO8/c28-12-35-10-14-3-1-6-20(37-14)36-11-19(30)13-7-8-15-17(9-13)26(33)22-23(24(15)31)27(34)21-16(25(22)32)4-2-5-18(21)29/h2,4-5,13-14,20,31,33H,1,3,6-12,29H2/t13-,14?,20?/m0/s1. The first-order chi connectivity index (χ1) is 17.8. The molecule has 1 heterocycles. The third-order valence-corrected chi connectivity index (χ3v) is 7.43. The maximum atomic E-state index is 13.2. The number of nitrogens with two attached hydrogens (primary N) is 1. The number of fused-ring (bicyclic) bond motifs is 3. The predicted octanol–water partition coefficient (Wildman–Crippen LogP) is 2.98. The summed E-state index contributed by atoms with van der Waals surface area (Å²) < 4.78 is 28.4. The fourth-order valence-electron chi connectivity index (χ4n) is 5.55. The molecule has 0 amide bonds. The molecule has 10 heteroatoms. The Hall–Kier alpha value is -3.34. The van der Waals surface area contributed by atoms with Gasteiger partial charge in [-0.2, -0.15) is 0 Å². The van der Waals surface area contributed by atoms with E-state index < -0.39 is 30.6 Å². The maximum Gasteiger partial charge on any atom is 0.200 e. The Morgan fingerprint density at radius 3 is 2.59 bits per heavy atom. The van der Waals surface area contributed by atoms with Crippen LogP contribution in [-0.4, -0.2) is 60.0 Å². The van der Waals surface area contributed by atoms with Crippen molar-refractivity contribution in [3.8, 4) is 11.5 Å². The predicted molar refractivity (Wildman–Crippen MR) is 128 cm³/mol. The van der Waals surface area contributed by atoms with Gasteiger partial charge in [-0.05, 0) is 44.6 Å². The van der Waals surface area contributed by atoms with Crippen molar-refractivity contribution in [2.45, 2.75) is 50.9 Å². The molecule has 4 N–H and O–H groups in total. The number of anilines is 1. The number of rotatable bonds is 7. The van der Waals surface area contributed by atoms with E-state index in [9.17, 15) is 29.0 Å². The molecule has 0 spiro atoms. The van der Waals surface area contributed by atoms with E-state index in [1.165, 1.54) is 12.1 Å². The second-order valence-electron chi connectivity index (χ2n) is 9.65. The summed E-state index contributed by atoms with van der Waals surface area (Å²) in [5, 5.41) is 22.1. The number of ether oxygens (including phenoxy) is 3. The van der Waals surface area contributed by atoms with Gasteiger partial charge in [0.25, 0.3) is 0 Å². The van der Waals surface area contributed by atoms with Crippen molar-refractivity contribution in [1.29, 1.82) is 0 Å². The van der Waals surface area contributed by atoms with Gasteiger partial charge in [0, 0.05) is 28.3 Å². The molecule has 196 valence electrons. The summed E-state index contributed by atoms with van der Waals surface area (Å²) in [7, 11) is 0. The number of carbonyl (C=O) groups is 3. The van der Waals surface area contributed by atoms with Crippen LogP contribution < -0.4 is 5.73 Å². The van der Waals surface area contributed by atoms with E-state index in [0.717, 1.165) is 12.8 Å². The van der Waals surface area contributed by atoms with E-state index in [0.29, 0.717) is 18.4 Å². The van der Waals surface area contributed by atoms with Gasteiger partial charge >= 0.3 is 0 Å². The summed E-state index contributed by atoms with van der Waals surface area (Å²) in [6.45, 7) is -0.975. The van der Waals surface area contributed by atoms with Crippen LogP contribution in [0.5, 0.6) is 11.5 Å². The van der Waals surface area contributed by atoms with Crippen molar-refractivity contribution < 1.29 is 43.2 Å². The molecule has 3 atom stereocenters. The van der Waals surface area contributed by atoms with E-state index in [2.05, 4.69) is 0 Å². The number of aromatic hydroxyl groups is 2. The SMILES string of the molecule is Nc1cccc2c1C(=O)c1c(O)c3c(c(O)c1C2=O)C[C@@H](C(=O)COC1CCCC(COCF)O1)CC3. The van der Waals surface area contributed by atoms with Gasteiger partial charge in [0.05, 0.1) is 29.4 Å². The van der Waals surface area contributed by atoms with E-state index in [-0.39, 0.29) is 82.9 Å². The van der Waals surface area contributed by atoms with Crippen molar-refractivity contribution in [1.82, 2.24) is 0 Å². The lowest BCUT2D eigenvalue weighted by molar-refractivity contribution is -0.207. The van der Waals surface area contributed by atoms with Crippen molar-refractivity contribution in [2.24, 2.45) is 5.92 Å². The van der Waals surface area contributed by atoms with Gasteiger partial charge in [-0.15, -0.1) is 0 Å². The van der Waals surface area contributed by atoms with Crippen LogP contribution in [0.3, 0.4) is 0 Å². The van der Waals surface area contributed by atoms with Crippen LogP contribution in [0, 0.1) is 5.92 Å². The van der Waals surface area contributed by atoms with Gasteiger partial charge in [0.1, 0.15) is 18.1 Å². The Kier molecular flexibility index (Phi) is 6.98. The monoisotopic (exact) mass is 513 g/mol. The molecule has 2 aromatic rings. The minimum Gasteiger partial charge on any atom is -0.507 e. The number of Topliss-reactive ketones (excluding diaryl/α,β-unsaturated/α-hetero) is 1. The summed E-state index contributed by atoms with van der Waals surface area (Å²) >= 11 is 0. The minimum atomic E-state index is -0.890. The van der Waals surface area contributed by atoms with E-state index in [1.807, 2.05) is 0 Å². The van der Waals surface area contributed by atoms with Gasteiger partial charge in [0.15, 0.2) is 30.5 Å². The van der Waals surface area contributed by atoms with Crippen molar-refractivity contribution in [3.63, 3.8) is 0 Å². The first-order valence-electron chi connectivity index (χ1n) is 12.3. The van der Waals surface area contributed by atoms with Crippen molar-refractivity contribution in [2.75, 3.05) is 25.8 Å².